The van der Waals surface area contributed by atoms with Gasteiger partial charge in [0.25, 0.3) is 0 Å². The lowest BCUT2D eigenvalue weighted by Gasteiger charge is -2.18. The molecule has 124 valence electrons. The molecule has 1 heterocycles. The van der Waals surface area contributed by atoms with Crippen LogP contribution in [0.1, 0.15) is 26.5 Å². The molecule has 4 nitrogen and oxygen atoms in total. The van der Waals surface area contributed by atoms with Gasteiger partial charge in [-0.05, 0) is 37.1 Å². The Hall–Kier alpha value is -1.88. The number of likely N-dealkylation sites (N-methyl/N-ethyl adjacent to an activating group) is 1. The minimum Gasteiger partial charge on any atom is -0.494 e. The van der Waals surface area contributed by atoms with E-state index >= 15 is 0 Å². The summed E-state index contributed by atoms with van der Waals surface area (Å²) in [6.07, 6.45) is 0.358. The van der Waals surface area contributed by atoms with Crippen LogP contribution >= 0.6 is 11.3 Å². The number of ether oxygens (including phenoxy) is 1. The number of amides is 1. The zero-order valence-electron chi connectivity index (χ0n) is 14.2. The Morgan fingerprint density at radius 2 is 2.00 bits per heavy atom. The predicted octanol–water partition coefficient (Wildman–Crippen LogP) is 3.87. The number of nitrogens with zero attached hydrogens (tertiary/aromatic N) is 2. The van der Waals surface area contributed by atoms with Crippen molar-refractivity contribution in [3.63, 3.8) is 0 Å². The van der Waals surface area contributed by atoms with Crippen LogP contribution in [0.3, 0.4) is 0 Å². The molecular formula is C18H24N2O2S. The highest BCUT2D eigenvalue weighted by Crippen LogP contribution is 2.26. The average molecular weight is 332 g/mol. The smallest absolute Gasteiger partial charge is 0.228 e. The first-order valence-corrected chi connectivity index (χ1v) is 8.79. The summed E-state index contributed by atoms with van der Waals surface area (Å²) in [5.41, 5.74) is 1.88. The Balaban J connectivity index is 2.01. The van der Waals surface area contributed by atoms with Gasteiger partial charge in [-0.15, -0.1) is 11.3 Å². The molecule has 0 radical (unpaired) electrons. The summed E-state index contributed by atoms with van der Waals surface area (Å²) >= 11 is 1.57. The Morgan fingerprint density at radius 3 is 2.61 bits per heavy atom. The van der Waals surface area contributed by atoms with Crippen LogP contribution in [0.15, 0.2) is 29.6 Å². The van der Waals surface area contributed by atoms with Gasteiger partial charge in [0.15, 0.2) is 0 Å². The van der Waals surface area contributed by atoms with Gasteiger partial charge in [0.1, 0.15) is 10.8 Å². The molecule has 0 aliphatic rings. The highest BCUT2D eigenvalue weighted by molar-refractivity contribution is 7.13. The van der Waals surface area contributed by atoms with E-state index in [9.17, 15) is 4.79 Å². The minimum atomic E-state index is 0.113. The molecule has 0 unspecified atom stereocenters. The molecule has 1 aromatic carbocycles. The summed E-state index contributed by atoms with van der Waals surface area (Å²) in [5, 5.41) is 2.90. The van der Waals surface area contributed by atoms with Gasteiger partial charge in [-0.25, -0.2) is 4.98 Å². The number of hydrogen-bond acceptors (Lipinski definition) is 4. The maximum Gasteiger partial charge on any atom is 0.228 e. The fourth-order valence-corrected chi connectivity index (χ4v) is 3.15. The second kappa shape index (κ2) is 8.11. The molecule has 0 atom stereocenters. The summed E-state index contributed by atoms with van der Waals surface area (Å²) in [6.45, 7) is 7.61. The van der Waals surface area contributed by atoms with E-state index in [1.165, 1.54) is 0 Å². The van der Waals surface area contributed by atoms with Crippen LogP contribution < -0.4 is 4.74 Å². The minimum absolute atomic E-state index is 0.113. The number of hydrogen-bond donors (Lipinski definition) is 0. The number of aromatic nitrogens is 1. The van der Waals surface area contributed by atoms with E-state index in [2.05, 4.69) is 18.8 Å². The van der Waals surface area contributed by atoms with E-state index in [0.29, 0.717) is 18.9 Å². The first-order valence-electron chi connectivity index (χ1n) is 7.91. The monoisotopic (exact) mass is 332 g/mol. The SMILES string of the molecule is CCOc1ccc(-c2nc(CC(=O)N(C)CC(C)C)cs2)cc1. The molecule has 0 saturated heterocycles. The van der Waals surface area contributed by atoms with E-state index in [4.69, 9.17) is 4.74 Å². The molecule has 0 spiro atoms. The lowest BCUT2D eigenvalue weighted by molar-refractivity contribution is -0.129. The third-order valence-corrected chi connectivity index (χ3v) is 4.30. The lowest BCUT2D eigenvalue weighted by Crippen LogP contribution is -2.31. The highest BCUT2D eigenvalue weighted by Gasteiger charge is 2.13. The summed E-state index contributed by atoms with van der Waals surface area (Å²) in [4.78, 5) is 18.6. The summed E-state index contributed by atoms with van der Waals surface area (Å²) in [6, 6.07) is 7.89. The Kier molecular flexibility index (Phi) is 6.16. The summed E-state index contributed by atoms with van der Waals surface area (Å²) in [7, 11) is 1.85. The van der Waals surface area contributed by atoms with Crippen LogP contribution in [0, 0.1) is 5.92 Å². The van der Waals surface area contributed by atoms with Gasteiger partial charge in [0, 0.05) is 24.5 Å². The average Bonchev–Trinajstić information content (AvgIpc) is 2.96. The van der Waals surface area contributed by atoms with Crippen LogP contribution in [0.4, 0.5) is 0 Å². The van der Waals surface area contributed by atoms with Gasteiger partial charge in [0.2, 0.25) is 5.91 Å². The van der Waals surface area contributed by atoms with Gasteiger partial charge in [-0.2, -0.15) is 0 Å². The van der Waals surface area contributed by atoms with Crippen molar-refractivity contribution in [2.75, 3.05) is 20.2 Å². The topological polar surface area (TPSA) is 42.4 Å². The predicted molar refractivity (Wildman–Crippen MR) is 94.9 cm³/mol. The molecule has 1 amide bonds. The first-order chi connectivity index (χ1) is 11.0. The van der Waals surface area contributed by atoms with Crippen molar-refractivity contribution in [3.05, 3.63) is 35.3 Å². The quantitative estimate of drug-likeness (QED) is 0.773. The maximum absolute atomic E-state index is 12.2. The van der Waals surface area contributed by atoms with Crippen molar-refractivity contribution >= 4 is 17.2 Å². The number of rotatable bonds is 7. The molecule has 2 aromatic rings. The molecule has 23 heavy (non-hydrogen) atoms. The molecule has 0 bridgehead atoms. The Morgan fingerprint density at radius 1 is 1.30 bits per heavy atom. The molecule has 0 N–H and O–H groups in total. The van der Waals surface area contributed by atoms with Crippen molar-refractivity contribution in [1.82, 2.24) is 9.88 Å². The number of carbonyl (C=O) groups is 1. The van der Waals surface area contributed by atoms with Crippen LogP contribution in [0.5, 0.6) is 5.75 Å². The highest BCUT2D eigenvalue weighted by atomic mass is 32.1. The first kappa shape index (κ1) is 17.5. The molecule has 0 fully saturated rings. The normalized spacial score (nSPS) is 10.8. The lowest BCUT2D eigenvalue weighted by atomic mass is 10.2. The zero-order valence-corrected chi connectivity index (χ0v) is 15.0. The van der Waals surface area contributed by atoms with Crippen molar-refractivity contribution in [1.29, 1.82) is 0 Å². The fourth-order valence-electron chi connectivity index (χ4n) is 2.32. The van der Waals surface area contributed by atoms with Crippen molar-refractivity contribution < 1.29 is 9.53 Å². The number of carbonyl (C=O) groups excluding carboxylic acids is 1. The van der Waals surface area contributed by atoms with Gasteiger partial charge in [0.05, 0.1) is 18.7 Å². The van der Waals surface area contributed by atoms with Gasteiger partial charge in [-0.3, -0.25) is 4.79 Å². The van der Waals surface area contributed by atoms with Gasteiger partial charge >= 0.3 is 0 Å². The van der Waals surface area contributed by atoms with Crippen LogP contribution in [0.25, 0.3) is 10.6 Å². The third-order valence-electron chi connectivity index (χ3n) is 3.36. The fraction of sp³-hybridized carbons (Fsp3) is 0.444. The second-order valence-electron chi connectivity index (χ2n) is 5.95. The molecule has 0 aliphatic carbocycles. The van der Waals surface area contributed by atoms with Gasteiger partial charge in [-0.1, -0.05) is 13.8 Å². The van der Waals surface area contributed by atoms with Crippen molar-refractivity contribution in [3.8, 4) is 16.3 Å². The van der Waals surface area contributed by atoms with Crippen LogP contribution in [-0.2, 0) is 11.2 Å². The van der Waals surface area contributed by atoms with E-state index in [0.717, 1.165) is 28.6 Å². The molecule has 0 aliphatic heterocycles. The molecular weight excluding hydrogens is 308 g/mol. The van der Waals surface area contributed by atoms with E-state index in [-0.39, 0.29) is 5.91 Å². The number of thiazole rings is 1. The van der Waals surface area contributed by atoms with E-state index < -0.39 is 0 Å². The van der Waals surface area contributed by atoms with Crippen LogP contribution in [-0.4, -0.2) is 36.0 Å². The Labute approximate surface area is 142 Å². The van der Waals surface area contributed by atoms with Crippen molar-refractivity contribution in [2.24, 2.45) is 5.92 Å². The molecule has 0 saturated carbocycles. The van der Waals surface area contributed by atoms with E-state index in [1.807, 2.05) is 43.6 Å². The molecule has 1 aromatic heterocycles. The third kappa shape index (κ3) is 5.06. The second-order valence-corrected chi connectivity index (χ2v) is 6.80. The Bertz CT molecular complexity index is 635. The van der Waals surface area contributed by atoms with Crippen LogP contribution in [0.2, 0.25) is 0 Å². The summed E-state index contributed by atoms with van der Waals surface area (Å²) in [5.74, 6) is 1.44. The van der Waals surface area contributed by atoms with Crippen molar-refractivity contribution in [2.45, 2.75) is 27.2 Å². The number of benzene rings is 1. The standard InChI is InChI=1S/C18H24N2O2S/c1-5-22-16-8-6-14(7-9-16)18-19-15(12-23-18)10-17(21)20(4)11-13(2)3/h6-9,12-13H,5,10-11H2,1-4H3. The molecule has 2 rings (SSSR count). The van der Waals surface area contributed by atoms with Gasteiger partial charge < -0.3 is 9.64 Å². The zero-order chi connectivity index (χ0) is 16.8. The maximum atomic E-state index is 12.2. The molecule has 5 heteroatoms. The summed E-state index contributed by atoms with van der Waals surface area (Å²) < 4.78 is 5.45. The van der Waals surface area contributed by atoms with E-state index in [1.54, 1.807) is 16.2 Å². The largest absolute Gasteiger partial charge is 0.494 e.